The smallest absolute Gasteiger partial charge is 0.337 e. The van der Waals surface area contributed by atoms with E-state index < -0.39 is 11.8 Å². The van der Waals surface area contributed by atoms with Crippen LogP contribution in [0.5, 0.6) is 0 Å². The van der Waals surface area contributed by atoms with Crippen molar-refractivity contribution < 1.29 is 14.3 Å². The van der Waals surface area contributed by atoms with Crippen molar-refractivity contribution in [2.24, 2.45) is 0 Å². The van der Waals surface area contributed by atoms with Gasteiger partial charge in [0.05, 0.1) is 11.3 Å². The summed E-state index contributed by atoms with van der Waals surface area (Å²) < 4.78 is 12.8. The Kier molecular flexibility index (Phi) is 2.23. The summed E-state index contributed by atoms with van der Waals surface area (Å²) >= 11 is 3.81. The molecule has 0 fully saturated rings. The van der Waals surface area contributed by atoms with E-state index in [1.807, 2.05) is 0 Å². The third kappa shape index (κ3) is 1.50. The molecule has 0 spiro atoms. The minimum atomic E-state index is -1.26. The zero-order valence-corrected chi connectivity index (χ0v) is 6.81. The van der Waals surface area contributed by atoms with Crippen LogP contribution in [-0.4, -0.2) is 11.1 Å². The lowest BCUT2D eigenvalue weighted by molar-refractivity contribution is 0.0697. The summed E-state index contributed by atoms with van der Waals surface area (Å²) in [5, 5.41) is 8.53. The van der Waals surface area contributed by atoms with Crippen LogP contribution < -0.4 is 5.73 Å². The zero-order valence-electron chi connectivity index (χ0n) is 5.91. The van der Waals surface area contributed by atoms with Gasteiger partial charge in [-0.05, 0) is 12.1 Å². The number of rotatable bonds is 1. The molecule has 0 saturated heterocycles. The molecule has 3 nitrogen and oxygen atoms in total. The minimum absolute atomic E-state index is 0.235. The molecule has 0 aliphatic rings. The van der Waals surface area contributed by atoms with E-state index in [1.54, 1.807) is 0 Å². The number of halogens is 1. The van der Waals surface area contributed by atoms with Crippen LogP contribution in [0.3, 0.4) is 0 Å². The number of benzene rings is 1. The molecular weight excluding hydrogens is 181 g/mol. The first kappa shape index (κ1) is 8.86. The fraction of sp³-hybridized carbons (Fsp3) is 0. The number of hydrogen-bond donors (Lipinski definition) is 3. The molecule has 12 heavy (non-hydrogen) atoms. The lowest BCUT2D eigenvalue weighted by atomic mass is 10.2. The fourth-order valence-corrected chi connectivity index (χ4v) is 1.02. The molecule has 0 aliphatic heterocycles. The molecule has 1 aromatic carbocycles. The van der Waals surface area contributed by atoms with Crippen LogP contribution in [0, 0.1) is 5.82 Å². The Morgan fingerprint density at radius 3 is 2.67 bits per heavy atom. The maximum Gasteiger partial charge on any atom is 0.337 e. The molecule has 0 aliphatic carbocycles. The van der Waals surface area contributed by atoms with E-state index in [0.717, 1.165) is 6.07 Å². The second-order valence-corrected chi connectivity index (χ2v) is 2.71. The summed E-state index contributed by atoms with van der Waals surface area (Å²) in [4.78, 5) is 10.7. The number of carboxylic acids is 1. The molecule has 0 amide bonds. The van der Waals surface area contributed by atoms with Gasteiger partial charge in [-0.2, -0.15) is 0 Å². The second kappa shape index (κ2) is 3.02. The van der Waals surface area contributed by atoms with E-state index in [0.29, 0.717) is 0 Å². The standard InChI is InChI=1S/C7H6FNO2S/c8-5-2-3(12)1-4(6(5)9)7(10)11/h1-2,12H,9H2,(H,10,11). The molecule has 1 rings (SSSR count). The van der Waals surface area contributed by atoms with Crippen molar-refractivity contribution in [3.63, 3.8) is 0 Å². The number of anilines is 1. The summed E-state index contributed by atoms with van der Waals surface area (Å²) in [5.74, 6) is -2.03. The van der Waals surface area contributed by atoms with Crippen molar-refractivity contribution >= 4 is 24.3 Å². The molecule has 0 heterocycles. The van der Waals surface area contributed by atoms with E-state index in [4.69, 9.17) is 10.8 Å². The first-order valence-electron chi connectivity index (χ1n) is 3.03. The Hall–Kier alpha value is -1.23. The number of thiol groups is 1. The lowest BCUT2D eigenvalue weighted by Gasteiger charge is -2.02. The molecule has 0 atom stereocenters. The van der Waals surface area contributed by atoms with Crippen LogP contribution in [0.15, 0.2) is 17.0 Å². The first-order chi connectivity index (χ1) is 5.52. The van der Waals surface area contributed by atoms with Gasteiger partial charge in [-0.25, -0.2) is 9.18 Å². The number of nitrogen functional groups attached to an aromatic ring is 1. The summed E-state index contributed by atoms with van der Waals surface area (Å²) in [7, 11) is 0. The van der Waals surface area contributed by atoms with Crippen molar-refractivity contribution in [1.82, 2.24) is 0 Å². The van der Waals surface area contributed by atoms with Gasteiger partial charge in [0, 0.05) is 4.90 Å². The van der Waals surface area contributed by atoms with Crippen molar-refractivity contribution in [1.29, 1.82) is 0 Å². The molecule has 0 saturated carbocycles. The zero-order chi connectivity index (χ0) is 9.30. The Bertz CT molecular complexity index is 340. The third-order valence-electron chi connectivity index (χ3n) is 1.34. The molecule has 0 bridgehead atoms. The lowest BCUT2D eigenvalue weighted by Crippen LogP contribution is -2.04. The van der Waals surface area contributed by atoms with Crippen LogP contribution in [0.2, 0.25) is 0 Å². The summed E-state index contributed by atoms with van der Waals surface area (Å²) in [6.45, 7) is 0. The molecule has 64 valence electrons. The molecule has 5 heteroatoms. The first-order valence-corrected chi connectivity index (χ1v) is 3.48. The quantitative estimate of drug-likeness (QED) is 0.460. The van der Waals surface area contributed by atoms with Crippen molar-refractivity contribution in [2.45, 2.75) is 4.90 Å². The number of aromatic carboxylic acids is 1. The number of nitrogens with two attached hydrogens (primary N) is 1. The van der Waals surface area contributed by atoms with Crippen LogP contribution in [0.25, 0.3) is 0 Å². The Labute approximate surface area is 73.4 Å². The van der Waals surface area contributed by atoms with Gasteiger partial charge in [-0.3, -0.25) is 0 Å². The van der Waals surface area contributed by atoms with E-state index in [1.165, 1.54) is 6.07 Å². The van der Waals surface area contributed by atoms with Crippen LogP contribution in [-0.2, 0) is 0 Å². The number of carbonyl (C=O) groups is 1. The molecule has 0 aromatic heterocycles. The highest BCUT2D eigenvalue weighted by molar-refractivity contribution is 7.80. The highest BCUT2D eigenvalue weighted by Crippen LogP contribution is 2.20. The average Bonchev–Trinajstić information content (AvgIpc) is 1.96. The molecular formula is C7H6FNO2S. The molecule has 1 aromatic rings. The molecule has 3 N–H and O–H groups in total. The topological polar surface area (TPSA) is 63.3 Å². The Morgan fingerprint density at radius 2 is 2.17 bits per heavy atom. The van der Waals surface area contributed by atoms with Gasteiger partial charge in [-0.1, -0.05) is 0 Å². The minimum Gasteiger partial charge on any atom is -0.478 e. The summed E-state index contributed by atoms with van der Waals surface area (Å²) in [6, 6.07) is 2.26. The summed E-state index contributed by atoms with van der Waals surface area (Å²) in [6.07, 6.45) is 0. The van der Waals surface area contributed by atoms with Crippen molar-refractivity contribution in [3.05, 3.63) is 23.5 Å². The van der Waals surface area contributed by atoms with E-state index >= 15 is 0 Å². The molecule has 0 radical (unpaired) electrons. The normalized spacial score (nSPS) is 9.83. The third-order valence-corrected chi connectivity index (χ3v) is 1.60. The van der Waals surface area contributed by atoms with Gasteiger partial charge in [0.1, 0.15) is 5.82 Å². The predicted octanol–water partition coefficient (Wildman–Crippen LogP) is 1.39. The van der Waals surface area contributed by atoms with Gasteiger partial charge < -0.3 is 10.8 Å². The number of carboxylic acid groups (broad SMARTS) is 1. The van der Waals surface area contributed by atoms with E-state index in [9.17, 15) is 9.18 Å². The van der Waals surface area contributed by atoms with Gasteiger partial charge in [0.25, 0.3) is 0 Å². The fourth-order valence-electron chi connectivity index (χ4n) is 0.780. The maximum absolute atomic E-state index is 12.8. The maximum atomic E-state index is 12.8. The Morgan fingerprint density at radius 1 is 1.58 bits per heavy atom. The van der Waals surface area contributed by atoms with Crippen LogP contribution in [0.1, 0.15) is 10.4 Å². The highest BCUT2D eigenvalue weighted by Gasteiger charge is 2.12. The van der Waals surface area contributed by atoms with Gasteiger partial charge in [0.2, 0.25) is 0 Å². The highest BCUT2D eigenvalue weighted by atomic mass is 32.1. The predicted molar refractivity (Wildman–Crippen MR) is 45.0 cm³/mol. The SMILES string of the molecule is Nc1c(F)cc(S)cc1C(=O)O. The largest absolute Gasteiger partial charge is 0.478 e. The van der Waals surface area contributed by atoms with Crippen LogP contribution in [0.4, 0.5) is 10.1 Å². The van der Waals surface area contributed by atoms with E-state index in [2.05, 4.69) is 12.6 Å². The van der Waals surface area contributed by atoms with E-state index in [-0.39, 0.29) is 16.1 Å². The Balaban J connectivity index is 3.37. The van der Waals surface area contributed by atoms with Gasteiger partial charge in [0.15, 0.2) is 0 Å². The van der Waals surface area contributed by atoms with Crippen molar-refractivity contribution in [2.75, 3.05) is 5.73 Å². The average molecular weight is 187 g/mol. The monoisotopic (exact) mass is 187 g/mol. The van der Waals surface area contributed by atoms with Crippen molar-refractivity contribution in [3.8, 4) is 0 Å². The second-order valence-electron chi connectivity index (χ2n) is 2.19. The van der Waals surface area contributed by atoms with Crippen LogP contribution >= 0.6 is 12.6 Å². The van der Waals surface area contributed by atoms with Gasteiger partial charge in [-0.15, -0.1) is 12.6 Å². The summed E-state index contributed by atoms with van der Waals surface area (Å²) in [5.41, 5.74) is 4.54. The molecule has 0 unspecified atom stereocenters. The van der Waals surface area contributed by atoms with Gasteiger partial charge >= 0.3 is 5.97 Å². The number of hydrogen-bond acceptors (Lipinski definition) is 3.